The molecule has 4 rings (SSSR count). The highest BCUT2D eigenvalue weighted by Gasteiger charge is 2.26. The molecule has 1 fully saturated rings. The van der Waals surface area contributed by atoms with Gasteiger partial charge in [0.05, 0.1) is 23.6 Å². The second-order valence-corrected chi connectivity index (χ2v) is 8.03. The fourth-order valence-corrected chi connectivity index (χ4v) is 4.73. The first kappa shape index (κ1) is 16.2. The van der Waals surface area contributed by atoms with Crippen LogP contribution in [-0.4, -0.2) is 38.7 Å². The third-order valence-corrected chi connectivity index (χ3v) is 6.27. The molecule has 0 spiro atoms. The molecule has 0 atom stereocenters. The lowest BCUT2D eigenvalue weighted by atomic mass is 10.2. The SMILES string of the molecule is Cc1ccc(S(=O)(=O)n2c(N3CCOCC3)cc3ccccc32)cc1. The zero-order valence-corrected chi connectivity index (χ0v) is 14.9. The quantitative estimate of drug-likeness (QED) is 0.724. The third kappa shape index (κ3) is 2.81. The number of anilines is 1. The van der Waals surface area contributed by atoms with Crippen LogP contribution in [0, 0.1) is 6.92 Å². The largest absolute Gasteiger partial charge is 0.378 e. The summed E-state index contributed by atoms with van der Waals surface area (Å²) < 4.78 is 33.7. The molecule has 1 aromatic heterocycles. The molecule has 1 aliphatic rings. The standard InChI is InChI=1S/C19H20N2O3S/c1-15-6-8-17(9-7-15)25(22,23)21-18-5-3-2-4-16(18)14-19(21)20-10-12-24-13-11-20/h2-9,14H,10-13H2,1H3. The van der Waals surface area contributed by atoms with Crippen molar-refractivity contribution in [2.45, 2.75) is 11.8 Å². The van der Waals surface area contributed by atoms with Gasteiger partial charge < -0.3 is 9.64 Å². The van der Waals surface area contributed by atoms with Crippen LogP contribution in [0.25, 0.3) is 10.9 Å². The van der Waals surface area contributed by atoms with Gasteiger partial charge in [-0.1, -0.05) is 35.9 Å². The van der Waals surface area contributed by atoms with Gasteiger partial charge in [0.15, 0.2) is 0 Å². The molecule has 0 N–H and O–H groups in total. The maximum atomic E-state index is 13.4. The average molecular weight is 356 g/mol. The Labute approximate surface area is 147 Å². The van der Waals surface area contributed by atoms with E-state index < -0.39 is 10.0 Å². The van der Waals surface area contributed by atoms with Crippen LogP contribution in [0.5, 0.6) is 0 Å². The Morgan fingerprint density at radius 3 is 2.36 bits per heavy atom. The number of fused-ring (bicyclic) bond motifs is 1. The van der Waals surface area contributed by atoms with Crippen molar-refractivity contribution in [3.63, 3.8) is 0 Å². The first-order valence-corrected chi connectivity index (χ1v) is 9.77. The Morgan fingerprint density at radius 1 is 0.960 bits per heavy atom. The van der Waals surface area contributed by atoms with E-state index in [0.29, 0.717) is 42.5 Å². The number of hydrogen-bond donors (Lipinski definition) is 0. The highest BCUT2D eigenvalue weighted by molar-refractivity contribution is 7.90. The lowest BCUT2D eigenvalue weighted by molar-refractivity contribution is 0.122. The van der Waals surface area contributed by atoms with Gasteiger partial charge in [-0.05, 0) is 31.2 Å². The van der Waals surface area contributed by atoms with Gasteiger partial charge in [-0.25, -0.2) is 12.4 Å². The lowest BCUT2D eigenvalue weighted by Crippen LogP contribution is -2.38. The van der Waals surface area contributed by atoms with Crippen LogP contribution in [0.15, 0.2) is 59.5 Å². The van der Waals surface area contributed by atoms with E-state index in [1.165, 1.54) is 3.97 Å². The molecular weight excluding hydrogens is 336 g/mol. The molecule has 25 heavy (non-hydrogen) atoms. The second kappa shape index (κ2) is 6.20. The van der Waals surface area contributed by atoms with Crippen LogP contribution in [0.2, 0.25) is 0 Å². The van der Waals surface area contributed by atoms with Crippen molar-refractivity contribution in [3.05, 3.63) is 60.2 Å². The summed E-state index contributed by atoms with van der Waals surface area (Å²) in [5.74, 6) is 0.699. The maximum absolute atomic E-state index is 13.4. The summed E-state index contributed by atoms with van der Waals surface area (Å²) in [5, 5.41) is 0.916. The van der Waals surface area contributed by atoms with E-state index in [1.54, 1.807) is 12.1 Å². The molecule has 1 aliphatic heterocycles. The molecule has 0 saturated carbocycles. The van der Waals surface area contributed by atoms with E-state index in [4.69, 9.17) is 4.74 Å². The fraction of sp³-hybridized carbons (Fsp3) is 0.263. The number of morpholine rings is 1. The van der Waals surface area contributed by atoms with Crippen molar-refractivity contribution in [1.82, 2.24) is 3.97 Å². The van der Waals surface area contributed by atoms with Crippen molar-refractivity contribution in [3.8, 4) is 0 Å². The second-order valence-electron chi connectivity index (χ2n) is 6.24. The molecular formula is C19H20N2O3S. The third-order valence-electron chi connectivity index (χ3n) is 4.54. The number of benzene rings is 2. The Kier molecular flexibility index (Phi) is 4.01. The summed E-state index contributed by atoms with van der Waals surface area (Å²) in [7, 11) is -3.68. The number of aromatic nitrogens is 1. The molecule has 6 heteroatoms. The van der Waals surface area contributed by atoms with Gasteiger partial charge in [0.2, 0.25) is 0 Å². The average Bonchev–Trinajstić information content (AvgIpc) is 3.03. The van der Waals surface area contributed by atoms with E-state index in [2.05, 4.69) is 4.90 Å². The van der Waals surface area contributed by atoms with Crippen molar-refractivity contribution in [2.75, 3.05) is 31.2 Å². The highest BCUT2D eigenvalue weighted by atomic mass is 32.2. The summed E-state index contributed by atoms with van der Waals surface area (Å²) in [6.07, 6.45) is 0. The number of nitrogens with zero attached hydrogens (tertiary/aromatic N) is 2. The van der Waals surface area contributed by atoms with Gasteiger partial charge in [0.1, 0.15) is 5.82 Å². The van der Waals surface area contributed by atoms with E-state index in [9.17, 15) is 8.42 Å². The summed E-state index contributed by atoms with van der Waals surface area (Å²) in [4.78, 5) is 2.38. The van der Waals surface area contributed by atoms with Gasteiger partial charge in [0, 0.05) is 18.5 Å². The molecule has 0 bridgehead atoms. The van der Waals surface area contributed by atoms with Crippen LogP contribution in [0.3, 0.4) is 0 Å². The predicted molar refractivity (Wildman–Crippen MR) is 98.7 cm³/mol. The molecule has 2 aromatic carbocycles. The molecule has 5 nitrogen and oxygen atoms in total. The topological polar surface area (TPSA) is 51.5 Å². The van der Waals surface area contributed by atoms with Gasteiger partial charge in [-0.2, -0.15) is 0 Å². The summed E-state index contributed by atoms with van der Waals surface area (Å²) >= 11 is 0. The molecule has 0 aliphatic carbocycles. The Morgan fingerprint density at radius 2 is 1.64 bits per heavy atom. The zero-order valence-electron chi connectivity index (χ0n) is 14.1. The van der Waals surface area contributed by atoms with E-state index in [0.717, 1.165) is 10.9 Å². The van der Waals surface area contributed by atoms with E-state index >= 15 is 0 Å². The smallest absolute Gasteiger partial charge is 0.269 e. The molecule has 2 heterocycles. The van der Waals surface area contributed by atoms with Crippen molar-refractivity contribution >= 4 is 26.7 Å². The number of rotatable bonds is 3. The first-order chi connectivity index (χ1) is 12.1. The van der Waals surface area contributed by atoms with Crippen molar-refractivity contribution in [2.24, 2.45) is 0 Å². The van der Waals surface area contributed by atoms with Crippen LogP contribution in [0.4, 0.5) is 5.82 Å². The number of para-hydroxylation sites is 1. The monoisotopic (exact) mass is 356 g/mol. The summed E-state index contributed by atoms with van der Waals surface area (Å²) in [5.41, 5.74) is 1.73. The van der Waals surface area contributed by atoms with Crippen molar-refractivity contribution < 1.29 is 13.2 Å². The number of ether oxygens (including phenoxy) is 1. The van der Waals surface area contributed by atoms with Gasteiger partial charge in [-0.15, -0.1) is 0 Å². The minimum Gasteiger partial charge on any atom is -0.378 e. The highest BCUT2D eigenvalue weighted by Crippen LogP contribution is 2.31. The van der Waals surface area contributed by atoms with Gasteiger partial charge in [-0.3, -0.25) is 0 Å². The molecule has 130 valence electrons. The summed E-state index contributed by atoms with van der Waals surface area (Å²) in [6, 6.07) is 16.5. The first-order valence-electron chi connectivity index (χ1n) is 8.33. The van der Waals surface area contributed by atoms with Crippen molar-refractivity contribution in [1.29, 1.82) is 0 Å². The van der Waals surface area contributed by atoms with Crippen LogP contribution < -0.4 is 4.90 Å². The lowest BCUT2D eigenvalue weighted by Gasteiger charge is -2.29. The number of aryl methyl sites for hydroxylation is 1. The Bertz CT molecular complexity index is 1000. The predicted octanol–water partition coefficient (Wildman–Crippen LogP) is 3.02. The Balaban J connectivity index is 1.94. The van der Waals surface area contributed by atoms with Crippen LogP contribution >= 0.6 is 0 Å². The normalized spacial score (nSPS) is 15.6. The van der Waals surface area contributed by atoms with Gasteiger partial charge >= 0.3 is 0 Å². The maximum Gasteiger partial charge on any atom is 0.269 e. The zero-order chi connectivity index (χ0) is 17.4. The molecule has 1 saturated heterocycles. The molecule has 0 unspecified atom stereocenters. The summed E-state index contributed by atoms with van der Waals surface area (Å²) in [6.45, 7) is 4.51. The molecule has 3 aromatic rings. The number of hydrogen-bond acceptors (Lipinski definition) is 4. The molecule has 0 radical (unpaired) electrons. The van der Waals surface area contributed by atoms with Crippen LogP contribution in [0.1, 0.15) is 5.56 Å². The Hall–Kier alpha value is -2.31. The van der Waals surface area contributed by atoms with Gasteiger partial charge in [0.25, 0.3) is 10.0 Å². The van der Waals surface area contributed by atoms with Crippen LogP contribution in [-0.2, 0) is 14.8 Å². The van der Waals surface area contributed by atoms with E-state index in [-0.39, 0.29) is 0 Å². The fourth-order valence-electron chi connectivity index (χ4n) is 3.20. The molecule has 0 amide bonds. The minimum absolute atomic E-state index is 0.300. The van der Waals surface area contributed by atoms with E-state index in [1.807, 2.05) is 49.4 Å². The minimum atomic E-state index is -3.68.